The SMILES string of the molecule is COCCCOc1cc2c(c3c1OCC3(C)C)-c1cc(=O)c(C)cn1C(C(C)C)C2. The highest BCUT2D eigenvalue weighted by Crippen LogP contribution is 2.53. The second-order valence-corrected chi connectivity index (χ2v) is 9.61. The molecule has 5 nitrogen and oxygen atoms in total. The van der Waals surface area contributed by atoms with Crippen LogP contribution in [0.2, 0.25) is 0 Å². The van der Waals surface area contributed by atoms with E-state index in [1.54, 1.807) is 7.11 Å². The molecule has 1 aromatic carbocycles. The smallest absolute Gasteiger partial charge is 0.185 e. The zero-order valence-electron chi connectivity index (χ0n) is 19.0. The maximum absolute atomic E-state index is 12.6. The zero-order valence-corrected chi connectivity index (χ0v) is 19.0. The molecule has 0 amide bonds. The summed E-state index contributed by atoms with van der Waals surface area (Å²) in [6.45, 7) is 12.7. The van der Waals surface area contributed by atoms with Gasteiger partial charge in [0.25, 0.3) is 0 Å². The van der Waals surface area contributed by atoms with Gasteiger partial charge in [0, 0.05) is 60.5 Å². The molecule has 1 atom stereocenters. The maximum atomic E-state index is 12.6. The Morgan fingerprint density at radius 2 is 2.03 bits per heavy atom. The lowest BCUT2D eigenvalue weighted by Crippen LogP contribution is -2.28. The molecule has 0 N–H and O–H groups in total. The average Bonchev–Trinajstić information content (AvgIpc) is 3.01. The van der Waals surface area contributed by atoms with Gasteiger partial charge in [0.05, 0.1) is 18.9 Å². The number of hydrogen-bond donors (Lipinski definition) is 0. The molecule has 0 spiro atoms. The highest BCUT2D eigenvalue weighted by molar-refractivity contribution is 5.78. The number of ether oxygens (including phenoxy) is 3. The van der Waals surface area contributed by atoms with E-state index in [4.69, 9.17) is 14.2 Å². The van der Waals surface area contributed by atoms with Gasteiger partial charge < -0.3 is 18.8 Å². The molecule has 2 aromatic rings. The van der Waals surface area contributed by atoms with E-state index in [9.17, 15) is 4.79 Å². The van der Waals surface area contributed by atoms with E-state index in [1.807, 2.05) is 19.2 Å². The van der Waals surface area contributed by atoms with E-state index in [1.165, 1.54) is 11.1 Å². The number of aryl methyl sites for hydroxylation is 1. The summed E-state index contributed by atoms with van der Waals surface area (Å²) in [6.07, 6.45) is 3.79. The van der Waals surface area contributed by atoms with Crippen LogP contribution in [0.15, 0.2) is 23.1 Å². The fourth-order valence-electron chi connectivity index (χ4n) is 4.76. The quantitative estimate of drug-likeness (QED) is 0.649. The van der Waals surface area contributed by atoms with Gasteiger partial charge in [-0.05, 0) is 30.9 Å². The van der Waals surface area contributed by atoms with E-state index in [2.05, 4.69) is 38.3 Å². The number of pyridine rings is 1. The Balaban J connectivity index is 1.92. The lowest BCUT2D eigenvalue weighted by molar-refractivity contribution is 0.170. The minimum Gasteiger partial charge on any atom is -0.490 e. The van der Waals surface area contributed by atoms with Crippen molar-refractivity contribution in [3.63, 3.8) is 0 Å². The molecular formula is C25H33NO4. The standard InChI is InChI=1S/C25H33NO4/c1-15(2)18-10-17-11-21(29-9-7-8-28-6)24-23(25(4,5)14-30-24)22(17)19-12-20(27)16(3)13-26(18)19/h11-13,15,18H,7-10,14H2,1-6H3. The van der Waals surface area contributed by atoms with E-state index in [-0.39, 0.29) is 10.8 Å². The van der Waals surface area contributed by atoms with Crippen LogP contribution in [0.5, 0.6) is 11.5 Å². The molecule has 2 aliphatic rings. The molecule has 4 rings (SSSR count). The minimum atomic E-state index is -0.151. The van der Waals surface area contributed by atoms with Crippen LogP contribution in [0.25, 0.3) is 11.3 Å². The fraction of sp³-hybridized carbons (Fsp3) is 0.560. The number of aromatic nitrogens is 1. The van der Waals surface area contributed by atoms with Crippen LogP contribution in [0.4, 0.5) is 0 Å². The van der Waals surface area contributed by atoms with Crippen molar-refractivity contribution in [3.05, 3.63) is 45.2 Å². The molecular weight excluding hydrogens is 378 g/mol. The Kier molecular flexibility index (Phi) is 5.43. The molecule has 3 heterocycles. The summed E-state index contributed by atoms with van der Waals surface area (Å²) in [4.78, 5) is 12.6. The minimum absolute atomic E-state index is 0.0852. The van der Waals surface area contributed by atoms with Crippen LogP contribution in [-0.2, 0) is 16.6 Å². The molecule has 0 saturated heterocycles. The first-order chi connectivity index (χ1) is 14.2. The van der Waals surface area contributed by atoms with Crippen molar-refractivity contribution >= 4 is 0 Å². The third-order valence-corrected chi connectivity index (χ3v) is 6.41. The number of rotatable bonds is 6. The lowest BCUT2D eigenvalue weighted by Gasteiger charge is -2.36. The van der Waals surface area contributed by atoms with E-state index in [0.29, 0.717) is 31.8 Å². The molecule has 0 fully saturated rings. The van der Waals surface area contributed by atoms with Crippen molar-refractivity contribution in [1.29, 1.82) is 0 Å². The zero-order chi connectivity index (χ0) is 21.6. The van der Waals surface area contributed by atoms with E-state index < -0.39 is 0 Å². The monoisotopic (exact) mass is 411 g/mol. The molecule has 30 heavy (non-hydrogen) atoms. The summed E-state index contributed by atoms with van der Waals surface area (Å²) < 4.78 is 19.8. The molecule has 5 heteroatoms. The van der Waals surface area contributed by atoms with Crippen LogP contribution in [0.1, 0.15) is 56.8 Å². The number of methoxy groups -OCH3 is 1. The summed E-state index contributed by atoms with van der Waals surface area (Å²) >= 11 is 0. The molecule has 162 valence electrons. The Morgan fingerprint density at radius 3 is 2.73 bits per heavy atom. The fourth-order valence-corrected chi connectivity index (χ4v) is 4.76. The highest BCUT2D eigenvalue weighted by atomic mass is 16.5. The number of nitrogens with zero attached hydrogens (tertiary/aromatic N) is 1. The molecule has 0 radical (unpaired) electrons. The first kappa shape index (κ1) is 21.0. The Hall–Kier alpha value is -2.27. The first-order valence-electron chi connectivity index (χ1n) is 10.9. The molecule has 0 bridgehead atoms. The van der Waals surface area contributed by atoms with Gasteiger partial charge in [-0.15, -0.1) is 0 Å². The number of benzene rings is 1. The summed E-state index contributed by atoms with van der Waals surface area (Å²) in [5.41, 5.74) is 5.30. The van der Waals surface area contributed by atoms with Gasteiger partial charge in [-0.3, -0.25) is 4.79 Å². The molecule has 1 unspecified atom stereocenters. The van der Waals surface area contributed by atoms with Gasteiger partial charge in [0.1, 0.15) is 0 Å². The van der Waals surface area contributed by atoms with Crippen molar-refractivity contribution in [2.75, 3.05) is 26.9 Å². The topological polar surface area (TPSA) is 49.7 Å². The highest BCUT2D eigenvalue weighted by Gasteiger charge is 2.41. The van der Waals surface area contributed by atoms with Crippen LogP contribution in [0.3, 0.4) is 0 Å². The molecule has 0 saturated carbocycles. The maximum Gasteiger partial charge on any atom is 0.185 e. The second kappa shape index (κ2) is 7.77. The largest absolute Gasteiger partial charge is 0.490 e. The second-order valence-electron chi connectivity index (χ2n) is 9.61. The van der Waals surface area contributed by atoms with Crippen molar-refractivity contribution in [2.45, 2.75) is 58.9 Å². The van der Waals surface area contributed by atoms with Crippen molar-refractivity contribution < 1.29 is 14.2 Å². The number of hydrogen-bond acceptors (Lipinski definition) is 4. The summed E-state index contributed by atoms with van der Waals surface area (Å²) in [5, 5.41) is 0. The van der Waals surface area contributed by atoms with Gasteiger partial charge >= 0.3 is 0 Å². The van der Waals surface area contributed by atoms with Crippen molar-refractivity contribution in [1.82, 2.24) is 4.57 Å². The van der Waals surface area contributed by atoms with E-state index in [0.717, 1.165) is 41.2 Å². The van der Waals surface area contributed by atoms with Gasteiger partial charge in [-0.25, -0.2) is 0 Å². The predicted molar refractivity (Wildman–Crippen MR) is 119 cm³/mol. The molecule has 1 aromatic heterocycles. The van der Waals surface area contributed by atoms with Crippen LogP contribution >= 0.6 is 0 Å². The molecule has 2 aliphatic heterocycles. The van der Waals surface area contributed by atoms with Gasteiger partial charge in [0.15, 0.2) is 16.9 Å². The van der Waals surface area contributed by atoms with Crippen LogP contribution < -0.4 is 14.9 Å². The molecule has 0 aliphatic carbocycles. The van der Waals surface area contributed by atoms with Gasteiger partial charge in [-0.2, -0.15) is 0 Å². The van der Waals surface area contributed by atoms with E-state index >= 15 is 0 Å². The van der Waals surface area contributed by atoms with Crippen molar-refractivity contribution in [3.8, 4) is 22.8 Å². The Labute approximate surface area is 179 Å². The van der Waals surface area contributed by atoms with Crippen LogP contribution in [0, 0.1) is 12.8 Å². The van der Waals surface area contributed by atoms with Crippen molar-refractivity contribution in [2.24, 2.45) is 5.92 Å². The average molecular weight is 412 g/mol. The predicted octanol–water partition coefficient (Wildman–Crippen LogP) is 4.66. The van der Waals surface area contributed by atoms with Gasteiger partial charge in [-0.1, -0.05) is 27.7 Å². The third-order valence-electron chi connectivity index (χ3n) is 6.41. The normalized spacial score (nSPS) is 18.6. The first-order valence-corrected chi connectivity index (χ1v) is 10.9. The third kappa shape index (κ3) is 3.43. The summed E-state index contributed by atoms with van der Waals surface area (Å²) in [7, 11) is 1.70. The summed E-state index contributed by atoms with van der Waals surface area (Å²) in [6, 6.07) is 4.26. The van der Waals surface area contributed by atoms with Crippen LogP contribution in [-0.4, -0.2) is 31.5 Å². The lowest BCUT2D eigenvalue weighted by atomic mass is 9.77. The Morgan fingerprint density at radius 1 is 1.27 bits per heavy atom. The van der Waals surface area contributed by atoms with Gasteiger partial charge in [0.2, 0.25) is 0 Å². The Bertz CT molecular complexity index is 1020. The summed E-state index contributed by atoms with van der Waals surface area (Å²) in [5.74, 6) is 2.09. The number of fused-ring (bicyclic) bond motifs is 5.